The molecule has 1 aliphatic heterocycles. The number of piperazine rings is 1. The van der Waals surface area contributed by atoms with Gasteiger partial charge in [0.05, 0.1) is 0 Å². The molecule has 1 aromatic heterocycles. The van der Waals surface area contributed by atoms with Crippen molar-refractivity contribution in [1.29, 1.82) is 0 Å². The van der Waals surface area contributed by atoms with Gasteiger partial charge in [-0.2, -0.15) is 0 Å². The van der Waals surface area contributed by atoms with Gasteiger partial charge in [0.2, 0.25) is 0 Å². The summed E-state index contributed by atoms with van der Waals surface area (Å²) < 4.78 is 0. The van der Waals surface area contributed by atoms with Gasteiger partial charge in [0.25, 0.3) is 0 Å². The van der Waals surface area contributed by atoms with Crippen LogP contribution < -0.4 is 5.32 Å². The predicted octanol–water partition coefficient (Wildman–Crippen LogP) is 2.11. The van der Waals surface area contributed by atoms with E-state index in [1.165, 1.54) is 25.1 Å². The molecule has 0 aromatic carbocycles. The molecule has 1 saturated carbocycles. The molecule has 3 nitrogen and oxygen atoms in total. The number of hydrogen-bond acceptors (Lipinski definition) is 3. The lowest BCUT2D eigenvalue weighted by molar-refractivity contribution is 0.153. The van der Waals surface area contributed by atoms with E-state index in [2.05, 4.69) is 28.2 Å². The average molecular weight is 268 g/mol. The molecule has 100 valence electrons. The molecule has 0 amide bonds. The van der Waals surface area contributed by atoms with Crippen LogP contribution in [0, 0.1) is 11.8 Å². The first-order chi connectivity index (χ1) is 8.34. The van der Waals surface area contributed by atoms with Crippen molar-refractivity contribution in [1.82, 2.24) is 15.2 Å². The van der Waals surface area contributed by atoms with E-state index in [1.54, 1.807) is 0 Å². The molecule has 4 heteroatoms. The standard InChI is InChI=1S/C14H21N3.ClH/c1-11-7-13(11)10-17-6-5-16-9-14(17)12-3-2-4-15-8-12;/h2-4,8,11,13-14,16H,5-7,9-10H2,1H3;1H. The van der Waals surface area contributed by atoms with Crippen molar-refractivity contribution in [2.24, 2.45) is 11.8 Å². The van der Waals surface area contributed by atoms with Gasteiger partial charge in [0, 0.05) is 44.6 Å². The van der Waals surface area contributed by atoms with E-state index in [9.17, 15) is 0 Å². The molecule has 2 heterocycles. The summed E-state index contributed by atoms with van der Waals surface area (Å²) in [6, 6.07) is 4.76. The summed E-state index contributed by atoms with van der Waals surface area (Å²) in [6.45, 7) is 6.99. The first-order valence-corrected chi connectivity index (χ1v) is 6.69. The fourth-order valence-corrected chi connectivity index (χ4v) is 2.82. The molecule has 18 heavy (non-hydrogen) atoms. The van der Waals surface area contributed by atoms with E-state index in [1.807, 2.05) is 18.5 Å². The van der Waals surface area contributed by atoms with Crippen molar-refractivity contribution >= 4 is 12.4 Å². The average Bonchev–Trinajstić information content (AvgIpc) is 3.07. The lowest BCUT2D eigenvalue weighted by atomic mass is 10.0. The molecule has 2 aliphatic rings. The highest BCUT2D eigenvalue weighted by molar-refractivity contribution is 5.85. The molecule has 1 aromatic rings. The molecule has 3 unspecified atom stereocenters. The van der Waals surface area contributed by atoms with Gasteiger partial charge in [-0.25, -0.2) is 0 Å². The number of halogens is 1. The van der Waals surface area contributed by atoms with Gasteiger partial charge in [-0.05, 0) is 29.9 Å². The summed E-state index contributed by atoms with van der Waals surface area (Å²) in [5, 5.41) is 3.50. The van der Waals surface area contributed by atoms with E-state index < -0.39 is 0 Å². The molecule has 0 spiro atoms. The van der Waals surface area contributed by atoms with E-state index in [0.29, 0.717) is 6.04 Å². The van der Waals surface area contributed by atoms with Crippen molar-refractivity contribution in [3.8, 4) is 0 Å². The van der Waals surface area contributed by atoms with Gasteiger partial charge in [-0.3, -0.25) is 9.88 Å². The second-order valence-electron chi connectivity index (χ2n) is 5.47. The first-order valence-electron chi connectivity index (χ1n) is 6.69. The highest BCUT2D eigenvalue weighted by Gasteiger charge is 2.36. The molecule has 1 aliphatic carbocycles. The number of pyridine rings is 1. The smallest absolute Gasteiger partial charge is 0.0488 e. The topological polar surface area (TPSA) is 28.2 Å². The van der Waals surface area contributed by atoms with Crippen molar-refractivity contribution in [2.45, 2.75) is 19.4 Å². The maximum Gasteiger partial charge on any atom is 0.0488 e. The van der Waals surface area contributed by atoms with Gasteiger partial charge in [-0.15, -0.1) is 12.4 Å². The van der Waals surface area contributed by atoms with Crippen LogP contribution in [0.2, 0.25) is 0 Å². The lowest BCUT2D eigenvalue weighted by Crippen LogP contribution is -2.46. The Morgan fingerprint density at radius 3 is 3.00 bits per heavy atom. The fourth-order valence-electron chi connectivity index (χ4n) is 2.82. The van der Waals surface area contributed by atoms with E-state index in [0.717, 1.165) is 24.9 Å². The minimum Gasteiger partial charge on any atom is -0.314 e. The van der Waals surface area contributed by atoms with Crippen LogP contribution >= 0.6 is 12.4 Å². The van der Waals surface area contributed by atoms with Crippen LogP contribution in [-0.4, -0.2) is 36.1 Å². The van der Waals surface area contributed by atoms with Crippen molar-refractivity contribution in [3.63, 3.8) is 0 Å². The molecule has 0 radical (unpaired) electrons. The molecular formula is C14H22ClN3. The minimum atomic E-state index is 0. The Hall–Kier alpha value is -0.640. The van der Waals surface area contributed by atoms with E-state index >= 15 is 0 Å². The Morgan fingerprint density at radius 2 is 2.33 bits per heavy atom. The van der Waals surface area contributed by atoms with Crippen LogP contribution in [0.3, 0.4) is 0 Å². The summed E-state index contributed by atoms with van der Waals surface area (Å²) in [4.78, 5) is 6.89. The lowest BCUT2D eigenvalue weighted by Gasteiger charge is -2.36. The van der Waals surface area contributed by atoms with Gasteiger partial charge in [0.1, 0.15) is 0 Å². The summed E-state index contributed by atoms with van der Waals surface area (Å²) in [5.74, 6) is 1.88. The molecular weight excluding hydrogens is 246 g/mol. The molecule has 1 N–H and O–H groups in total. The SMILES string of the molecule is CC1CC1CN1CCNCC1c1cccnc1.Cl. The number of rotatable bonds is 3. The van der Waals surface area contributed by atoms with Crippen LogP contribution in [0.4, 0.5) is 0 Å². The maximum absolute atomic E-state index is 4.25. The molecule has 3 rings (SSSR count). The zero-order valence-electron chi connectivity index (χ0n) is 10.9. The monoisotopic (exact) mass is 267 g/mol. The van der Waals surface area contributed by atoms with Crippen molar-refractivity contribution in [3.05, 3.63) is 30.1 Å². The highest BCUT2D eigenvalue weighted by atomic mass is 35.5. The summed E-state index contributed by atoms with van der Waals surface area (Å²) >= 11 is 0. The normalized spacial score (nSPS) is 31.7. The summed E-state index contributed by atoms with van der Waals surface area (Å²) in [6.07, 6.45) is 5.29. The molecule has 0 bridgehead atoms. The van der Waals surface area contributed by atoms with Crippen molar-refractivity contribution < 1.29 is 0 Å². The number of hydrogen-bond donors (Lipinski definition) is 1. The van der Waals surface area contributed by atoms with Crippen LogP contribution in [0.1, 0.15) is 24.9 Å². The van der Waals surface area contributed by atoms with Crippen LogP contribution in [0.15, 0.2) is 24.5 Å². The molecule has 2 fully saturated rings. The number of nitrogens with one attached hydrogen (secondary N) is 1. The molecule has 1 saturated heterocycles. The third-order valence-electron chi connectivity index (χ3n) is 4.17. The quantitative estimate of drug-likeness (QED) is 0.909. The Morgan fingerprint density at radius 1 is 1.50 bits per heavy atom. The Balaban J connectivity index is 0.00000120. The van der Waals surface area contributed by atoms with E-state index in [-0.39, 0.29) is 12.4 Å². The van der Waals surface area contributed by atoms with Gasteiger partial charge in [-0.1, -0.05) is 13.0 Å². The van der Waals surface area contributed by atoms with Crippen LogP contribution in [0.25, 0.3) is 0 Å². The number of aromatic nitrogens is 1. The predicted molar refractivity (Wildman–Crippen MR) is 75.9 cm³/mol. The molecule has 3 atom stereocenters. The van der Waals surface area contributed by atoms with Crippen LogP contribution in [0.5, 0.6) is 0 Å². The zero-order valence-corrected chi connectivity index (χ0v) is 11.7. The second kappa shape index (κ2) is 6.00. The third-order valence-corrected chi connectivity index (χ3v) is 4.17. The summed E-state index contributed by atoms with van der Waals surface area (Å²) in [7, 11) is 0. The maximum atomic E-state index is 4.25. The highest BCUT2D eigenvalue weighted by Crippen LogP contribution is 2.39. The zero-order chi connectivity index (χ0) is 11.7. The second-order valence-corrected chi connectivity index (χ2v) is 5.47. The van der Waals surface area contributed by atoms with E-state index in [4.69, 9.17) is 0 Å². The number of nitrogens with zero attached hydrogens (tertiary/aromatic N) is 2. The van der Waals surface area contributed by atoms with Crippen LogP contribution in [-0.2, 0) is 0 Å². The first kappa shape index (κ1) is 13.8. The Kier molecular flexibility index (Phi) is 4.60. The Labute approximate surface area is 115 Å². The fraction of sp³-hybridized carbons (Fsp3) is 0.643. The van der Waals surface area contributed by atoms with Crippen molar-refractivity contribution in [2.75, 3.05) is 26.2 Å². The third kappa shape index (κ3) is 3.02. The summed E-state index contributed by atoms with van der Waals surface area (Å²) in [5.41, 5.74) is 1.35. The van der Waals surface area contributed by atoms with Gasteiger partial charge >= 0.3 is 0 Å². The van der Waals surface area contributed by atoms with Gasteiger partial charge < -0.3 is 5.32 Å². The minimum absolute atomic E-state index is 0. The van der Waals surface area contributed by atoms with Gasteiger partial charge in [0.15, 0.2) is 0 Å². The largest absolute Gasteiger partial charge is 0.314 e. The Bertz CT molecular complexity index is 371.